The van der Waals surface area contributed by atoms with Gasteiger partial charge in [-0.25, -0.2) is 17.6 Å². The quantitative estimate of drug-likeness (QED) is 0.632. The van der Waals surface area contributed by atoms with Crippen LogP contribution in [0.5, 0.6) is 0 Å². The van der Waals surface area contributed by atoms with Crippen LogP contribution in [0.15, 0.2) is 0 Å². The summed E-state index contributed by atoms with van der Waals surface area (Å²) in [6.45, 7) is 1.24. The lowest BCUT2D eigenvalue weighted by Crippen LogP contribution is -2.17. The van der Waals surface area contributed by atoms with E-state index in [0.717, 1.165) is 0 Å². The Hall–Kier alpha value is -1.47. The van der Waals surface area contributed by atoms with E-state index in [4.69, 9.17) is 0 Å². The Morgan fingerprint density at radius 2 is 1.29 bits per heavy atom. The minimum absolute atomic E-state index is 0.113. The zero-order valence-corrected chi connectivity index (χ0v) is 8.35. The van der Waals surface area contributed by atoms with Gasteiger partial charge in [-0.3, -0.25) is 0 Å². The number of hydrogen-bond acceptors (Lipinski definition) is 1. The van der Waals surface area contributed by atoms with Gasteiger partial charge in [0.25, 0.3) is 0 Å². The largest absolute Gasteiger partial charge is 0.422 e. The van der Waals surface area contributed by atoms with Gasteiger partial charge < -0.3 is 5.32 Å². The number of halogens is 7. The van der Waals surface area contributed by atoms with Crippen LogP contribution in [0.1, 0.15) is 12.5 Å². The molecule has 0 spiro atoms. The molecule has 0 bridgehead atoms. The van der Waals surface area contributed by atoms with Gasteiger partial charge in [0, 0.05) is 6.54 Å². The van der Waals surface area contributed by atoms with Crippen molar-refractivity contribution >= 4 is 5.69 Å². The first-order valence-electron chi connectivity index (χ1n) is 4.38. The van der Waals surface area contributed by atoms with Crippen LogP contribution in [0.4, 0.5) is 36.4 Å². The molecule has 0 atom stereocenters. The molecule has 0 aliphatic heterocycles. The third-order valence-corrected chi connectivity index (χ3v) is 1.90. The second kappa shape index (κ2) is 4.42. The van der Waals surface area contributed by atoms with Gasteiger partial charge >= 0.3 is 6.18 Å². The summed E-state index contributed by atoms with van der Waals surface area (Å²) in [6.07, 6.45) is -5.51. The maximum absolute atomic E-state index is 13.1. The Bertz CT molecular complexity index is 409. The highest BCUT2D eigenvalue weighted by molar-refractivity contribution is 5.50. The van der Waals surface area contributed by atoms with Crippen LogP contribution in [-0.4, -0.2) is 6.54 Å². The molecule has 8 heteroatoms. The van der Waals surface area contributed by atoms with Crippen LogP contribution < -0.4 is 5.32 Å². The molecule has 0 fully saturated rings. The number of hydrogen-bond donors (Lipinski definition) is 1. The van der Waals surface area contributed by atoms with E-state index in [1.807, 2.05) is 5.32 Å². The lowest BCUT2D eigenvalue weighted by atomic mass is 10.1. The number of alkyl halides is 3. The van der Waals surface area contributed by atoms with E-state index in [-0.39, 0.29) is 6.54 Å². The van der Waals surface area contributed by atoms with E-state index in [1.165, 1.54) is 6.92 Å². The Morgan fingerprint density at radius 1 is 0.882 bits per heavy atom. The van der Waals surface area contributed by atoms with Crippen molar-refractivity contribution in [2.24, 2.45) is 0 Å². The molecule has 0 heterocycles. The van der Waals surface area contributed by atoms with Crippen molar-refractivity contribution in [2.75, 3.05) is 11.9 Å². The second-order valence-corrected chi connectivity index (χ2v) is 3.03. The van der Waals surface area contributed by atoms with Crippen LogP contribution in [0.25, 0.3) is 0 Å². The van der Waals surface area contributed by atoms with Crippen LogP contribution in [0.3, 0.4) is 0 Å². The highest BCUT2D eigenvalue weighted by Crippen LogP contribution is 2.38. The summed E-state index contributed by atoms with van der Waals surface area (Å²) in [7, 11) is 0. The van der Waals surface area contributed by atoms with Crippen LogP contribution in [-0.2, 0) is 6.18 Å². The molecule has 1 nitrogen and oxygen atoms in total. The molecule has 0 unspecified atom stereocenters. The van der Waals surface area contributed by atoms with Gasteiger partial charge in [-0.15, -0.1) is 0 Å². The smallest absolute Gasteiger partial charge is 0.380 e. The first-order chi connectivity index (χ1) is 7.71. The molecule has 1 aromatic rings. The fourth-order valence-electron chi connectivity index (χ4n) is 1.21. The van der Waals surface area contributed by atoms with Gasteiger partial charge in [0.15, 0.2) is 23.3 Å². The monoisotopic (exact) mass is 261 g/mol. The fourth-order valence-corrected chi connectivity index (χ4v) is 1.21. The molecule has 0 aliphatic carbocycles. The average Bonchev–Trinajstić information content (AvgIpc) is 2.20. The summed E-state index contributed by atoms with van der Waals surface area (Å²) in [6, 6.07) is 0. The lowest BCUT2D eigenvalue weighted by molar-refractivity contribution is -0.143. The van der Waals surface area contributed by atoms with Crippen molar-refractivity contribution in [3.8, 4) is 0 Å². The molecule has 0 aliphatic rings. The van der Waals surface area contributed by atoms with Gasteiger partial charge in [-0.05, 0) is 6.92 Å². The molecule has 0 amide bonds. The fraction of sp³-hybridized carbons (Fsp3) is 0.333. The Morgan fingerprint density at radius 3 is 1.59 bits per heavy atom. The highest BCUT2D eigenvalue weighted by atomic mass is 19.4. The zero-order valence-electron chi connectivity index (χ0n) is 8.35. The molecule has 96 valence electrons. The topological polar surface area (TPSA) is 12.0 Å². The summed E-state index contributed by atoms with van der Waals surface area (Å²) in [4.78, 5) is 0. The molecule has 0 aromatic heterocycles. The summed E-state index contributed by atoms with van der Waals surface area (Å²) < 4.78 is 88.6. The predicted octanol–water partition coefficient (Wildman–Crippen LogP) is 3.69. The van der Waals surface area contributed by atoms with Gasteiger partial charge in [-0.1, -0.05) is 0 Å². The van der Waals surface area contributed by atoms with E-state index in [1.54, 1.807) is 0 Å². The molecular formula is C9H6F7N. The molecule has 0 saturated carbocycles. The molecule has 0 radical (unpaired) electrons. The van der Waals surface area contributed by atoms with E-state index in [2.05, 4.69) is 0 Å². The second-order valence-electron chi connectivity index (χ2n) is 3.03. The number of anilines is 1. The minimum atomic E-state index is -5.51. The Balaban J connectivity index is 3.59. The number of nitrogens with one attached hydrogen (secondary N) is 1. The van der Waals surface area contributed by atoms with Crippen molar-refractivity contribution in [1.29, 1.82) is 0 Å². The van der Waals surface area contributed by atoms with Gasteiger partial charge in [0.1, 0.15) is 11.3 Å². The van der Waals surface area contributed by atoms with Crippen LogP contribution >= 0.6 is 0 Å². The molecule has 1 N–H and O–H groups in total. The van der Waals surface area contributed by atoms with E-state index >= 15 is 0 Å². The molecule has 1 rings (SSSR count). The minimum Gasteiger partial charge on any atom is -0.380 e. The number of benzene rings is 1. The van der Waals surface area contributed by atoms with Crippen molar-refractivity contribution in [3.05, 3.63) is 28.8 Å². The van der Waals surface area contributed by atoms with Crippen molar-refractivity contribution in [3.63, 3.8) is 0 Å². The summed E-state index contributed by atoms with van der Waals surface area (Å²) >= 11 is 0. The number of rotatable bonds is 2. The van der Waals surface area contributed by atoms with Crippen LogP contribution in [0.2, 0.25) is 0 Å². The maximum atomic E-state index is 13.1. The Kier molecular flexibility index (Phi) is 3.53. The predicted molar refractivity (Wildman–Crippen MR) is 45.4 cm³/mol. The standard InChI is InChI=1S/C9H6F7N/c1-2-17-8-6(12)4(10)3(9(14,15)16)5(11)7(8)13/h17H,2H2,1H3. The third-order valence-electron chi connectivity index (χ3n) is 1.90. The summed E-state index contributed by atoms with van der Waals surface area (Å²) in [5.41, 5.74) is -3.83. The van der Waals surface area contributed by atoms with Crippen molar-refractivity contribution in [2.45, 2.75) is 13.1 Å². The SMILES string of the molecule is CCNc1c(F)c(F)c(C(F)(F)F)c(F)c1F. The summed E-state index contributed by atoms with van der Waals surface area (Å²) in [5.74, 6) is -9.13. The lowest BCUT2D eigenvalue weighted by Gasteiger charge is -2.14. The van der Waals surface area contributed by atoms with Crippen molar-refractivity contribution < 1.29 is 30.7 Å². The van der Waals surface area contributed by atoms with Crippen LogP contribution in [0, 0.1) is 23.3 Å². The first kappa shape index (κ1) is 13.6. The van der Waals surface area contributed by atoms with Crippen molar-refractivity contribution in [1.82, 2.24) is 0 Å². The molecule has 17 heavy (non-hydrogen) atoms. The normalized spacial score (nSPS) is 11.8. The third kappa shape index (κ3) is 2.29. The summed E-state index contributed by atoms with van der Waals surface area (Å²) in [5, 5.41) is 1.91. The van der Waals surface area contributed by atoms with Gasteiger partial charge in [-0.2, -0.15) is 13.2 Å². The van der Waals surface area contributed by atoms with Gasteiger partial charge in [0.05, 0.1) is 0 Å². The highest BCUT2D eigenvalue weighted by Gasteiger charge is 2.42. The van der Waals surface area contributed by atoms with E-state index < -0.39 is 40.7 Å². The molecular weight excluding hydrogens is 255 g/mol. The zero-order chi connectivity index (χ0) is 13.4. The van der Waals surface area contributed by atoms with E-state index in [9.17, 15) is 30.7 Å². The Labute approximate surface area is 91.2 Å². The molecule has 1 aromatic carbocycles. The first-order valence-corrected chi connectivity index (χ1v) is 4.38. The maximum Gasteiger partial charge on any atom is 0.422 e. The molecule has 0 saturated heterocycles. The average molecular weight is 261 g/mol. The van der Waals surface area contributed by atoms with E-state index in [0.29, 0.717) is 0 Å². The van der Waals surface area contributed by atoms with Gasteiger partial charge in [0.2, 0.25) is 0 Å².